The van der Waals surface area contributed by atoms with Crippen LogP contribution in [0.2, 0.25) is 4.34 Å². The van der Waals surface area contributed by atoms with Crippen LogP contribution in [0.4, 0.5) is 5.69 Å². The number of nitrogens with zero attached hydrogens (tertiary/aromatic N) is 1. The zero-order valence-electron chi connectivity index (χ0n) is 14.5. The molecule has 1 fully saturated rings. The first-order chi connectivity index (χ1) is 12.7. The number of methoxy groups -OCH3 is 1. The maximum Gasteiger partial charge on any atom is 0.271 e. The number of piperidine rings is 1. The first-order valence-corrected chi connectivity index (χ1v) is 12.3. The number of ether oxygens (including phenoxy) is 1. The SMILES string of the molecule is COc1ccc(NS(=O)(=O)c2ccc(Cl)s2)cc1S(=O)(=O)N1CCCCC1. The Labute approximate surface area is 168 Å². The molecule has 2 heterocycles. The van der Waals surface area contributed by atoms with Gasteiger partial charge in [-0.3, -0.25) is 4.72 Å². The summed E-state index contributed by atoms with van der Waals surface area (Å²) in [4.78, 5) is -0.0590. The van der Waals surface area contributed by atoms with E-state index >= 15 is 0 Å². The molecule has 1 saturated heterocycles. The van der Waals surface area contributed by atoms with E-state index in [0.29, 0.717) is 17.4 Å². The fourth-order valence-electron chi connectivity index (χ4n) is 2.83. The molecule has 0 saturated carbocycles. The monoisotopic (exact) mass is 450 g/mol. The normalized spacial score (nSPS) is 16.2. The van der Waals surface area contributed by atoms with Gasteiger partial charge in [-0.2, -0.15) is 4.31 Å². The van der Waals surface area contributed by atoms with Gasteiger partial charge >= 0.3 is 0 Å². The predicted molar refractivity (Wildman–Crippen MR) is 106 cm³/mol. The van der Waals surface area contributed by atoms with Crippen LogP contribution in [0.15, 0.2) is 39.4 Å². The van der Waals surface area contributed by atoms with Crippen molar-refractivity contribution in [2.75, 3.05) is 24.9 Å². The van der Waals surface area contributed by atoms with Gasteiger partial charge in [0.25, 0.3) is 10.0 Å². The van der Waals surface area contributed by atoms with Crippen molar-refractivity contribution >= 4 is 48.7 Å². The van der Waals surface area contributed by atoms with Gasteiger partial charge in [-0.25, -0.2) is 16.8 Å². The molecule has 11 heteroatoms. The van der Waals surface area contributed by atoms with E-state index in [1.165, 1.54) is 41.7 Å². The second-order valence-electron chi connectivity index (χ2n) is 5.99. The molecule has 1 N–H and O–H groups in total. The van der Waals surface area contributed by atoms with E-state index in [1.807, 2.05) is 0 Å². The summed E-state index contributed by atoms with van der Waals surface area (Å²) in [6.45, 7) is 0.879. The quantitative estimate of drug-likeness (QED) is 0.728. The fraction of sp³-hybridized carbons (Fsp3) is 0.375. The van der Waals surface area contributed by atoms with Crippen molar-refractivity contribution in [2.45, 2.75) is 28.4 Å². The van der Waals surface area contributed by atoms with Gasteiger partial charge in [-0.15, -0.1) is 11.3 Å². The Balaban J connectivity index is 1.96. The molecule has 27 heavy (non-hydrogen) atoms. The molecule has 0 unspecified atom stereocenters. The summed E-state index contributed by atoms with van der Waals surface area (Å²) in [5.41, 5.74) is 0.135. The van der Waals surface area contributed by atoms with E-state index in [2.05, 4.69) is 4.72 Å². The number of benzene rings is 1. The molecular formula is C16H19ClN2O5S3. The lowest BCUT2D eigenvalue weighted by atomic mass is 10.2. The molecule has 3 rings (SSSR count). The molecule has 1 aromatic heterocycles. The summed E-state index contributed by atoms with van der Waals surface area (Å²) >= 11 is 6.72. The minimum absolute atomic E-state index is 0.0451. The topological polar surface area (TPSA) is 92.8 Å². The predicted octanol–water partition coefficient (Wildman–Crippen LogP) is 3.39. The van der Waals surface area contributed by atoms with Crippen LogP contribution in [-0.4, -0.2) is 41.3 Å². The van der Waals surface area contributed by atoms with Gasteiger partial charge < -0.3 is 4.74 Å². The lowest BCUT2D eigenvalue weighted by molar-refractivity contribution is 0.343. The van der Waals surface area contributed by atoms with Crippen molar-refractivity contribution in [3.63, 3.8) is 0 Å². The van der Waals surface area contributed by atoms with Gasteiger partial charge in [0.05, 0.1) is 17.1 Å². The van der Waals surface area contributed by atoms with Gasteiger partial charge in [0.2, 0.25) is 10.0 Å². The van der Waals surface area contributed by atoms with Crippen molar-refractivity contribution in [3.8, 4) is 5.75 Å². The summed E-state index contributed by atoms with van der Waals surface area (Å²) in [5.74, 6) is 0.169. The number of rotatable bonds is 6. The van der Waals surface area contributed by atoms with E-state index in [-0.39, 0.29) is 20.5 Å². The van der Waals surface area contributed by atoms with E-state index in [4.69, 9.17) is 16.3 Å². The average molecular weight is 451 g/mol. The Morgan fingerprint density at radius 1 is 1.07 bits per heavy atom. The van der Waals surface area contributed by atoms with Crippen molar-refractivity contribution in [1.82, 2.24) is 4.31 Å². The van der Waals surface area contributed by atoms with Crippen LogP contribution in [-0.2, 0) is 20.0 Å². The molecule has 1 aromatic carbocycles. The Bertz CT molecular complexity index is 1030. The zero-order chi connectivity index (χ0) is 19.7. The summed E-state index contributed by atoms with van der Waals surface area (Å²) in [6, 6.07) is 7.07. The van der Waals surface area contributed by atoms with Crippen LogP contribution in [0, 0.1) is 0 Å². The van der Waals surface area contributed by atoms with E-state index in [0.717, 1.165) is 30.6 Å². The highest BCUT2D eigenvalue weighted by Crippen LogP contribution is 2.33. The number of hydrogen-bond acceptors (Lipinski definition) is 6. The van der Waals surface area contributed by atoms with E-state index in [1.54, 1.807) is 0 Å². The van der Waals surface area contributed by atoms with E-state index in [9.17, 15) is 16.8 Å². The molecule has 0 bridgehead atoms. The number of sulfonamides is 2. The van der Waals surface area contributed by atoms with Gasteiger partial charge in [0, 0.05) is 13.1 Å². The maximum atomic E-state index is 13.0. The largest absolute Gasteiger partial charge is 0.495 e. The summed E-state index contributed by atoms with van der Waals surface area (Å²) in [6.07, 6.45) is 2.59. The molecule has 7 nitrogen and oxygen atoms in total. The van der Waals surface area contributed by atoms with E-state index < -0.39 is 20.0 Å². The highest BCUT2D eigenvalue weighted by atomic mass is 35.5. The van der Waals surface area contributed by atoms with Crippen LogP contribution < -0.4 is 9.46 Å². The molecule has 2 aromatic rings. The third-order valence-corrected chi connectivity index (χ3v) is 9.19. The molecule has 148 valence electrons. The maximum absolute atomic E-state index is 13.0. The third-order valence-electron chi connectivity index (χ3n) is 4.16. The fourth-order valence-corrected chi connectivity index (χ4v) is 7.06. The smallest absolute Gasteiger partial charge is 0.271 e. The molecule has 0 amide bonds. The number of thiophene rings is 1. The Morgan fingerprint density at radius 3 is 2.37 bits per heavy atom. The van der Waals surface area contributed by atoms with Crippen LogP contribution in [0.3, 0.4) is 0 Å². The molecule has 0 aliphatic carbocycles. The lowest BCUT2D eigenvalue weighted by Crippen LogP contribution is -2.35. The van der Waals surface area contributed by atoms with Crippen LogP contribution in [0.25, 0.3) is 0 Å². The Kier molecular flexibility index (Phi) is 6.02. The molecule has 1 aliphatic rings. The second-order valence-corrected chi connectivity index (χ2v) is 11.5. The number of nitrogens with one attached hydrogen (secondary N) is 1. The lowest BCUT2D eigenvalue weighted by Gasteiger charge is -2.26. The van der Waals surface area contributed by atoms with Crippen molar-refractivity contribution in [3.05, 3.63) is 34.7 Å². The molecule has 0 atom stereocenters. The number of anilines is 1. The molecule has 1 aliphatic heterocycles. The third kappa shape index (κ3) is 4.40. The Morgan fingerprint density at radius 2 is 1.78 bits per heavy atom. The van der Waals surface area contributed by atoms with Crippen molar-refractivity contribution in [1.29, 1.82) is 0 Å². The zero-order valence-corrected chi connectivity index (χ0v) is 17.7. The number of hydrogen-bond donors (Lipinski definition) is 1. The van der Waals surface area contributed by atoms with Gasteiger partial charge in [0.1, 0.15) is 14.9 Å². The van der Waals surface area contributed by atoms with Crippen molar-refractivity contribution < 1.29 is 21.6 Å². The summed E-state index contributed by atoms with van der Waals surface area (Å²) in [7, 11) is -6.28. The first-order valence-electron chi connectivity index (χ1n) is 8.20. The van der Waals surface area contributed by atoms with Crippen LogP contribution in [0.1, 0.15) is 19.3 Å². The minimum atomic E-state index is -3.86. The number of halogens is 1. The summed E-state index contributed by atoms with van der Waals surface area (Å²) in [5, 5.41) is 0. The highest BCUT2D eigenvalue weighted by Gasteiger charge is 2.29. The highest BCUT2D eigenvalue weighted by molar-refractivity contribution is 7.94. The molecule has 0 radical (unpaired) electrons. The second kappa shape index (κ2) is 7.96. The first kappa shape index (κ1) is 20.4. The van der Waals surface area contributed by atoms with Gasteiger partial charge in [0.15, 0.2) is 0 Å². The Hall–Kier alpha value is -1.33. The van der Waals surface area contributed by atoms with Gasteiger partial charge in [-0.1, -0.05) is 18.0 Å². The molecule has 0 spiro atoms. The van der Waals surface area contributed by atoms with Crippen molar-refractivity contribution in [2.24, 2.45) is 0 Å². The average Bonchev–Trinajstić information content (AvgIpc) is 3.09. The minimum Gasteiger partial charge on any atom is -0.495 e. The summed E-state index contributed by atoms with van der Waals surface area (Å²) < 4.78 is 60.4. The standard InChI is InChI=1S/C16H19ClN2O5S3/c1-24-13-6-5-12(18-26(20,21)16-8-7-15(17)25-16)11-14(13)27(22,23)19-9-3-2-4-10-19/h5-8,11,18H,2-4,9-10H2,1H3. The van der Waals surface area contributed by atoms with Crippen LogP contribution >= 0.6 is 22.9 Å². The molecular weight excluding hydrogens is 432 g/mol. The van der Waals surface area contributed by atoms with Crippen LogP contribution in [0.5, 0.6) is 5.75 Å². The van der Waals surface area contributed by atoms with Gasteiger partial charge in [-0.05, 0) is 43.2 Å².